The number of amides is 1. The van der Waals surface area contributed by atoms with Gasteiger partial charge in [0, 0.05) is 29.4 Å². The van der Waals surface area contributed by atoms with Crippen LogP contribution in [0.1, 0.15) is 59.5 Å². The van der Waals surface area contributed by atoms with Gasteiger partial charge in [-0.3, -0.25) is 14.6 Å². The van der Waals surface area contributed by atoms with Crippen molar-refractivity contribution in [1.82, 2.24) is 20.0 Å². The fourth-order valence-corrected chi connectivity index (χ4v) is 4.62. The van der Waals surface area contributed by atoms with Crippen LogP contribution in [-0.2, 0) is 17.6 Å². The van der Waals surface area contributed by atoms with Crippen LogP contribution in [0.25, 0.3) is 0 Å². The average molecular weight is 406 g/mol. The summed E-state index contributed by atoms with van der Waals surface area (Å²) in [5.41, 5.74) is 4.09. The van der Waals surface area contributed by atoms with E-state index in [1.165, 1.54) is 5.56 Å². The largest absolute Gasteiger partial charge is 0.378 e. The molecule has 1 aliphatic carbocycles. The van der Waals surface area contributed by atoms with Crippen molar-refractivity contribution in [3.05, 3.63) is 65.1 Å². The van der Waals surface area contributed by atoms with Crippen LogP contribution < -0.4 is 5.32 Å². The molecule has 30 heavy (non-hydrogen) atoms. The number of aromatic nitrogens is 4. The summed E-state index contributed by atoms with van der Waals surface area (Å²) in [6, 6.07) is 12.3. The molecule has 0 saturated carbocycles. The van der Waals surface area contributed by atoms with Crippen LogP contribution in [0.3, 0.4) is 0 Å². The minimum Gasteiger partial charge on any atom is -0.378 e. The molecule has 3 heterocycles. The van der Waals surface area contributed by atoms with Crippen molar-refractivity contribution in [1.29, 1.82) is 0 Å². The Balaban J connectivity index is 1.31. The minimum atomic E-state index is -0.209. The van der Waals surface area contributed by atoms with Crippen molar-refractivity contribution in [3.63, 3.8) is 0 Å². The van der Waals surface area contributed by atoms with Crippen molar-refractivity contribution in [2.24, 2.45) is 5.41 Å². The van der Waals surface area contributed by atoms with E-state index in [0.29, 0.717) is 24.7 Å². The number of carbonyl (C=O) groups is 1. The predicted octanol–water partition coefficient (Wildman–Crippen LogP) is 3.73. The second-order valence-corrected chi connectivity index (χ2v) is 9.13. The fraction of sp³-hybridized carbons (Fsp3) is 0.435. The van der Waals surface area contributed by atoms with Crippen LogP contribution in [0.5, 0.6) is 0 Å². The highest BCUT2D eigenvalue weighted by molar-refractivity contribution is 6.03. The molecular formula is C23H27N5O2. The molecule has 0 radical (unpaired) electrons. The van der Waals surface area contributed by atoms with Gasteiger partial charge in [0.2, 0.25) is 0 Å². The van der Waals surface area contributed by atoms with Gasteiger partial charge in [-0.25, -0.2) is 0 Å². The highest BCUT2D eigenvalue weighted by Gasteiger charge is 2.33. The molecule has 1 aliphatic heterocycles. The third-order valence-corrected chi connectivity index (χ3v) is 6.34. The summed E-state index contributed by atoms with van der Waals surface area (Å²) in [7, 11) is 0. The minimum absolute atomic E-state index is 0.110. The van der Waals surface area contributed by atoms with Crippen molar-refractivity contribution in [2.75, 3.05) is 18.5 Å². The van der Waals surface area contributed by atoms with Crippen LogP contribution >= 0.6 is 0 Å². The van der Waals surface area contributed by atoms with Crippen molar-refractivity contribution in [2.45, 2.75) is 45.1 Å². The second-order valence-electron chi connectivity index (χ2n) is 9.13. The van der Waals surface area contributed by atoms with E-state index in [1.54, 1.807) is 0 Å². The number of nitrogens with one attached hydrogen (secondary N) is 2. The van der Waals surface area contributed by atoms with Gasteiger partial charge in [0.25, 0.3) is 5.91 Å². The molecule has 1 fully saturated rings. The fourth-order valence-electron chi connectivity index (χ4n) is 4.62. The Kier molecular flexibility index (Phi) is 4.70. The zero-order chi connectivity index (χ0) is 20.7. The first-order valence-electron chi connectivity index (χ1n) is 10.6. The number of H-pyrrole nitrogens is 1. The summed E-state index contributed by atoms with van der Waals surface area (Å²) >= 11 is 0. The van der Waals surface area contributed by atoms with Gasteiger partial charge in [-0.15, -0.1) is 0 Å². The Bertz CT molecular complexity index is 1050. The van der Waals surface area contributed by atoms with Crippen LogP contribution in [0.15, 0.2) is 42.6 Å². The molecule has 2 aromatic heterocycles. The second kappa shape index (κ2) is 7.40. The van der Waals surface area contributed by atoms with Crippen LogP contribution in [0, 0.1) is 5.41 Å². The number of aromatic amines is 1. The zero-order valence-electron chi connectivity index (χ0n) is 17.4. The number of benzene rings is 1. The molecule has 0 bridgehead atoms. The number of carbonyl (C=O) groups excluding carboxylic acids is 1. The maximum absolute atomic E-state index is 12.9. The number of anilines is 1. The number of hydrogen-bond acceptors (Lipinski definition) is 4. The molecule has 1 aromatic carbocycles. The number of ether oxygens (including phenoxy) is 1. The van der Waals surface area contributed by atoms with Crippen molar-refractivity contribution < 1.29 is 9.53 Å². The van der Waals surface area contributed by atoms with Crippen molar-refractivity contribution in [3.8, 4) is 0 Å². The maximum atomic E-state index is 12.9. The Morgan fingerprint density at radius 2 is 2.07 bits per heavy atom. The SMILES string of the molecule is CC1(C)CCc2c(C(=O)Nc3ccn(C4COCC4c4ccccc4)n3)n[nH]c2C1. The van der Waals surface area contributed by atoms with E-state index in [2.05, 4.69) is 46.6 Å². The first-order valence-corrected chi connectivity index (χ1v) is 10.6. The lowest BCUT2D eigenvalue weighted by atomic mass is 9.76. The standard InChI is InChI=1S/C23H27N5O2/c1-23(2)10-8-16-18(12-23)25-26-21(16)22(29)24-20-9-11-28(27-20)19-14-30-13-17(19)15-6-4-3-5-7-15/h3-7,9,11,17,19H,8,10,12-14H2,1-2H3,(H,25,26)(H,24,27,29). The Hall–Kier alpha value is -2.93. The molecule has 3 aromatic rings. The summed E-state index contributed by atoms with van der Waals surface area (Å²) in [6.45, 7) is 5.78. The topological polar surface area (TPSA) is 84.8 Å². The van der Waals surface area contributed by atoms with Gasteiger partial charge < -0.3 is 10.1 Å². The molecule has 5 rings (SSSR count). The molecule has 2 aliphatic rings. The quantitative estimate of drug-likeness (QED) is 0.693. The lowest BCUT2D eigenvalue weighted by molar-refractivity contribution is 0.102. The summed E-state index contributed by atoms with van der Waals surface area (Å²) in [4.78, 5) is 12.9. The van der Waals surface area contributed by atoms with Gasteiger partial charge in [0.1, 0.15) is 0 Å². The van der Waals surface area contributed by atoms with Gasteiger partial charge in [-0.1, -0.05) is 44.2 Å². The van der Waals surface area contributed by atoms with Gasteiger partial charge in [0.05, 0.1) is 19.3 Å². The van der Waals surface area contributed by atoms with Crippen LogP contribution in [-0.4, -0.2) is 39.1 Å². The maximum Gasteiger partial charge on any atom is 0.277 e. The third-order valence-electron chi connectivity index (χ3n) is 6.34. The van der Waals surface area contributed by atoms with Gasteiger partial charge in [-0.05, 0) is 30.2 Å². The summed E-state index contributed by atoms with van der Waals surface area (Å²) < 4.78 is 7.65. The molecular weight excluding hydrogens is 378 g/mol. The normalized spacial score (nSPS) is 22.6. The molecule has 7 heteroatoms. The van der Waals surface area contributed by atoms with Gasteiger partial charge in [-0.2, -0.15) is 10.2 Å². The van der Waals surface area contributed by atoms with E-state index in [1.807, 2.05) is 35.1 Å². The van der Waals surface area contributed by atoms with Gasteiger partial charge in [0.15, 0.2) is 11.5 Å². The Morgan fingerprint density at radius 1 is 1.23 bits per heavy atom. The molecule has 2 atom stereocenters. The highest BCUT2D eigenvalue weighted by Crippen LogP contribution is 2.36. The predicted molar refractivity (Wildman–Crippen MR) is 114 cm³/mol. The smallest absolute Gasteiger partial charge is 0.277 e. The van der Waals surface area contributed by atoms with Crippen LogP contribution in [0.2, 0.25) is 0 Å². The summed E-state index contributed by atoms with van der Waals surface area (Å²) in [5.74, 6) is 0.572. The van der Waals surface area contributed by atoms with E-state index in [0.717, 1.165) is 30.5 Å². The first kappa shape index (κ1) is 19.1. The van der Waals surface area contributed by atoms with Crippen LogP contribution in [0.4, 0.5) is 5.82 Å². The molecule has 1 saturated heterocycles. The molecule has 0 spiro atoms. The zero-order valence-corrected chi connectivity index (χ0v) is 17.4. The lowest BCUT2D eigenvalue weighted by Crippen LogP contribution is -2.23. The summed E-state index contributed by atoms with van der Waals surface area (Å²) in [5, 5.41) is 14.9. The monoisotopic (exact) mass is 405 g/mol. The molecule has 2 unspecified atom stereocenters. The van der Waals surface area contributed by atoms with E-state index in [-0.39, 0.29) is 23.3 Å². The Labute approximate surface area is 175 Å². The average Bonchev–Trinajstić information content (AvgIpc) is 3.46. The lowest BCUT2D eigenvalue weighted by Gasteiger charge is -2.28. The number of fused-ring (bicyclic) bond motifs is 1. The van der Waals surface area contributed by atoms with E-state index >= 15 is 0 Å². The number of rotatable bonds is 4. The number of nitrogens with zero attached hydrogens (tertiary/aromatic N) is 3. The summed E-state index contributed by atoms with van der Waals surface area (Å²) in [6.07, 6.45) is 4.75. The van der Waals surface area contributed by atoms with Gasteiger partial charge >= 0.3 is 0 Å². The number of hydrogen-bond donors (Lipinski definition) is 2. The van der Waals surface area contributed by atoms with E-state index < -0.39 is 0 Å². The Morgan fingerprint density at radius 3 is 2.90 bits per heavy atom. The molecule has 7 nitrogen and oxygen atoms in total. The highest BCUT2D eigenvalue weighted by atomic mass is 16.5. The van der Waals surface area contributed by atoms with E-state index in [9.17, 15) is 4.79 Å². The third kappa shape index (κ3) is 3.54. The molecule has 2 N–H and O–H groups in total. The molecule has 156 valence electrons. The van der Waals surface area contributed by atoms with E-state index in [4.69, 9.17) is 4.74 Å². The molecule has 1 amide bonds. The first-order chi connectivity index (χ1) is 14.5. The van der Waals surface area contributed by atoms with Crippen molar-refractivity contribution >= 4 is 11.7 Å².